The normalized spacial score (nSPS) is 14.9. The van der Waals surface area contributed by atoms with Crippen LogP contribution in [-0.2, 0) is 27.2 Å². The molecule has 0 saturated carbocycles. The number of ether oxygens (including phenoxy) is 1. The fourth-order valence-corrected chi connectivity index (χ4v) is 3.26. The van der Waals surface area contributed by atoms with Crippen molar-refractivity contribution < 1.29 is 33.8 Å². The van der Waals surface area contributed by atoms with Crippen molar-refractivity contribution in [1.82, 2.24) is 5.32 Å². The number of carboxylic acid groups (broad SMARTS) is 2. The smallest absolute Gasteiger partial charge is 0.339 e. The zero-order valence-corrected chi connectivity index (χ0v) is 15.1. The van der Waals surface area contributed by atoms with Gasteiger partial charge in [-0.2, -0.15) is 0 Å². The first-order chi connectivity index (χ1) is 13.3. The maximum absolute atomic E-state index is 12.1. The van der Waals surface area contributed by atoms with E-state index in [0.29, 0.717) is 17.6 Å². The van der Waals surface area contributed by atoms with Gasteiger partial charge in [0, 0.05) is 17.0 Å². The molecule has 0 aliphatic heterocycles. The molecule has 28 heavy (non-hydrogen) atoms. The number of hydrogen-bond donors (Lipinski definition) is 3. The summed E-state index contributed by atoms with van der Waals surface area (Å²) in [5.41, 5.74) is 1.65. The van der Waals surface area contributed by atoms with Crippen LogP contribution in [0, 0.1) is 0 Å². The number of aliphatic carboxylic acids is 2. The quantitative estimate of drug-likeness (QED) is 0.597. The maximum Gasteiger partial charge on any atom is 0.339 e. The number of benzene rings is 1. The van der Waals surface area contributed by atoms with Crippen LogP contribution in [0.1, 0.15) is 30.9 Å². The first kappa shape index (κ1) is 19.4. The summed E-state index contributed by atoms with van der Waals surface area (Å²) in [5, 5.41) is 20.7. The highest BCUT2D eigenvalue weighted by molar-refractivity contribution is 5.89. The van der Waals surface area contributed by atoms with Gasteiger partial charge < -0.3 is 24.7 Å². The average Bonchev–Trinajstić information content (AvgIpc) is 3.11. The highest BCUT2D eigenvalue weighted by atomic mass is 16.5. The third kappa shape index (κ3) is 3.98. The number of fused-ring (bicyclic) bond motifs is 3. The molecule has 1 aromatic heterocycles. The van der Waals surface area contributed by atoms with Crippen molar-refractivity contribution in [3.05, 3.63) is 39.7 Å². The molecule has 1 aromatic carbocycles. The minimum atomic E-state index is -1.56. The molecule has 0 spiro atoms. The lowest BCUT2D eigenvalue weighted by atomic mass is 10.1. The lowest BCUT2D eigenvalue weighted by Crippen LogP contribution is -2.47. The monoisotopic (exact) mass is 389 g/mol. The van der Waals surface area contributed by atoms with Gasteiger partial charge in [-0.25, -0.2) is 9.59 Å². The van der Waals surface area contributed by atoms with Crippen LogP contribution in [0.2, 0.25) is 0 Å². The van der Waals surface area contributed by atoms with Crippen molar-refractivity contribution >= 4 is 28.8 Å². The largest absolute Gasteiger partial charge is 0.481 e. The van der Waals surface area contributed by atoms with Crippen LogP contribution in [0.4, 0.5) is 0 Å². The fourth-order valence-electron chi connectivity index (χ4n) is 3.26. The van der Waals surface area contributed by atoms with Crippen molar-refractivity contribution in [3.63, 3.8) is 0 Å². The van der Waals surface area contributed by atoms with E-state index in [1.54, 1.807) is 12.1 Å². The molecule has 0 bridgehead atoms. The molecule has 3 N–H and O–H groups in total. The van der Waals surface area contributed by atoms with Crippen LogP contribution < -0.4 is 15.7 Å². The molecule has 1 aliphatic rings. The summed E-state index contributed by atoms with van der Waals surface area (Å²) in [6.07, 6.45) is 0.561. The van der Waals surface area contributed by atoms with Crippen molar-refractivity contribution in [2.75, 3.05) is 0 Å². The molecule has 9 nitrogen and oxygen atoms in total. The van der Waals surface area contributed by atoms with Crippen molar-refractivity contribution in [2.45, 2.75) is 44.8 Å². The Morgan fingerprint density at radius 2 is 1.93 bits per heavy atom. The lowest BCUT2D eigenvalue weighted by Gasteiger charge is -2.18. The van der Waals surface area contributed by atoms with Gasteiger partial charge in [0.05, 0.1) is 6.42 Å². The number of carbonyl (C=O) groups excluding carboxylic acids is 1. The minimum absolute atomic E-state index is 0.265. The summed E-state index contributed by atoms with van der Waals surface area (Å²) in [6.45, 7) is 1.40. The predicted octanol–water partition coefficient (Wildman–Crippen LogP) is 1.09. The maximum atomic E-state index is 12.1. The molecule has 1 amide bonds. The number of nitrogens with one attached hydrogen (secondary N) is 1. The molecule has 2 aromatic rings. The summed E-state index contributed by atoms with van der Waals surface area (Å²) in [6, 6.07) is 3.34. The second-order valence-corrected chi connectivity index (χ2v) is 6.62. The van der Waals surface area contributed by atoms with E-state index in [1.807, 2.05) is 0 Å². The second-order valence-electron chi connectivity index (χ2n) is 6.62. The van der Waals surface area contributed by atoms with Gasteiger partial charge in [0.15, 0.2) is 6.10 Å². The molecule has 148 valence electrons. The van der Waals surface area contributed by atoms with Gasteiger partial charge in [-0.1, -0.05) is 0 Å². The number of rotatable bonds is 7. The first-order valence-electron chi connectivity index (χ1n) is 8.76. The van der Waals surface area contributed by atoms with Crippen LogP contribution >= 0.6 is 0 Å². The second kappa shape index (κ2) is 7.71. The SMILES string of the molecule is CC(Oc1ccc2c3c(c(=O)oc2c1)CCC3)C(=O)NC(CC(=O)O)C(=O)O. The predicted molar refractivity (Wildman–Crippen MR) is 96.4 cm³/mol. The molecule has 1 heterocycles. The van der Waals surface area contributed by atoms with Gasteiger partial charge in [0.1, 0.15) is 17.4 Å². The highest BCUT2D eigenvalue weighted by Gasteiger charge is 2.26. The zero-order valence-electron chi connectivity index (χ0n) is 15.1. The van der Waals surface area contributed by atoms with E-state index >= 15 is 0 Å². The Morgan fingerprint density at radius 1 is 1.21 bits per heavy atom. The Balaban J connectivity index is 1.75. The number of hydrogen-bond acceptors (Lipinski definition) is 6. The van der Waals surface area contributed by atoms with E-state index in [0.717, 1.165) is 23.8 Å². The molecular formula is C19H19NO8. The van der Waals surface area contributed by atoms with E-state index in [-0.39, 0.29) is 11.4 Å². The van der Waals surface area contributed by atoms with E-state index in [2.05, 4.69) is 5.32 Å². The molecule has 2 atom stereocenters. The van der Waals surface area contributed by atoms with E-state index in [9.17, 15) is 19.2 Å². The van der Waals surface area contributed by atoms with Gasteiger partial charge in [-0.15, -0.1) is 0 Å². The third-order valence-electron chi connectivity index (χ3n) is 4.62. The van der Waals surface area contributed by atoms with Crippen LogP contribution in [0.3, 0.4) is 0 Å². The third-order valence-corrected chi connectivity index (χ3v) is 4.62. The van der Waals surface area contributed by atoms with Gasteiger partial charge in [0.2, 0.25) is 0 Å². The Hall–Kier alpha value is -3.36. The zero-order chi connectivity index (χ0) is 20.4. The standard InChI is InChI=1S/C19H19NO8/c1-9(17(23)20-14(18(24)25)8-16(21)22)27-10-5-6-12-11-3-2-4-13(11)19(26)28-15(12)7-10/h5-7,9,14H,2-4,8H2,1H3,(H,20,23)(H,21,22)(H,24,25). The number of aryl methyl sites for hydroxylation is 1. The van der Waals surface area contributed by atoms with Gasteiger partial charge in [-0.05, 0) is 43.9 Å². The minimum Gasteiger partial charge on any atom is -0.481 e. The summed E-state index contributed by atoms with van der Waals surface area (Å²) in [4.78, 5) is 46.0. The molecule has 9 heteroatoms. The van der Waals surface area contributed by atoms with Gasteiger partial charge in [0.25, 0.3) is 5.91 Å². The Labute approximate surface area is 158 Å². The Morgan fingerprint density at radius 3 is 2.61 bits per heavy atom. The van der Waals surface area contributed by atoms with Crippen molar-refractivity contribution in [2.24, 2.45) is 0 Å². The highest BCUT2D eigenvalue weighted by Crippen LogP contribution is 2.29. The molecule has 3 rings (SSSR count). The Bertz CT molecular complexity index is 1010. The summed E-state index contributed by atoms with van der Waals surface area (Å²) in [5.74, 6) is -3.31. The van der Waals surface area contributed by atoms with Gasteiger partial charge in [-0.3, -0.25) is 9.59 Å². The summed E-state index contributed by atoms with van der Waals surface area (Å²) < 4.78 is 10.9. The first-order valence-corrected chi connectivity index (χ1v) is 8.76. The fraction of sp³-hybridized carbons (Fsp3) is 0.368. The average molecular weight is 389 g/mol. The van der Waals surface area contributed by atoms with E-state index in [1.165, 1.54) is 13.0 Å². The number of amides is 1. The molecule has 0 fully saturated rings. The van der Waals surface area contributed by atoms with E-state index < -0.39 is 36.4 Å². The van der Waals surface area contributed by atoms with Crippen LogP contribution in [-0.4, -0.2) is 40.2 Å². The molecular weight excluding hydrogens is 370 g/mol. The molecule has 1 aliphatic carbocycles. The van der Waals surface area contributed by atoms with Gasteiger partial charge >= 0.3 is 17.6 Å². The lowest BCUT2D eigenvalue weighted by molar-refractivity contribution is -0.147. The summed E-state index contributed by atoms with van der Waals surface area (Å²) >= 11 is 0. The van der Waals surface area contributed by atoms with Crippen LogP contribution in [0.25, 0.3) is 11.0 Å². The Kier molecular flexibility index (Phi) is 5.34. The molecule has 2 unspecified atom stereocenters. The van der Waals surface area contributed by atoms with Crippen molar-refractivity contribution in [3.8, 4) is 5.75 Å². The topological polar surface area (TPSA) is 143 Å². The molecule has 0 radical (unpaired) electrons. The summed E-state index contributed by atoms with van der Waals surface area (Å²) in [7, 11) is 0. The van der Waals surface area contributed by atoms with E-state index in [4.69, 9.17) is 19.4 Å². The van der Waals surface area contributed by atoms with Crippen molar-refractivity contribution in [1.29, 1.82) is 0 Å². The number of carboxylic acids is 2. The number of carbonyl (C=O) groups is 3. The van der Waals surface area contributed by atoms with Crippen LogP contribution in [0.15, 0.2) is 27.4 Å². The molecule has 0 saturated heterocycles. The van der Waals surface area contributed by atoms with Crippen LogP contribution in [0.5, 0.6) is 5.75 Å².